The maximum atomic E-state index is 12.8. The van der Waals surface area contributed by atoms with Crippen LogP contribution in [0.3, 0.4) is 0 Å². The molecule has 1 aromatic carbocycles. The summed E-state index contributed by atoms with van der Waals surface area (Å²) in [7, 11) is 5.01. The van der Waals surface area contributed by atoms with E-state index >= 15 is 0 Å². The monoisotopic (exact) mass is 442 g/mol. The predicted octanol–water partition coefficient (Wildman–Crippen LogP) is 4.06. The van der Waals surface area contributed by atoms with E-state index in [1.54, 1.807) is 30.6 Å². The van der Waals surface area contributed by atoms with E-state index in [9.17, 15) is 8.78 Å². The number of nitrogens with one attached hydrogen (secondary N) is 1. The lowest BCUT2D eigenvalue weighted by molar-refractivity contribution is -0.0505. The molecule has 166 valence electrons. The SMILES string of the molecule is CCNC(=NCc1ccc(OC)cc1OC(F)F)N(C)Cc1csc(C(C)OC)n1. The summed E-state index contributed by atoms with van der Waals surface area (Å²) in [4.78, 5) is 11.1. The van der Waals surface area contributed by atoms with Gasteiger partial charge in [-0.15, -0.1) is 11.3 Å². The minimum absolute atomic E-state index is 0.0456. The molecule has 0 spiro atoms. The molecule has 1 heterocycles. The van der Waals surface area contributed by atoms with E-state index in [0.717, 1.165) is 10.7 Å². The second kappa shape index (κ2) is 11.7. The molecule has 30 heavy (non-hydrogen) atoms. The van der Waals surface area contributed by atoms with Crippen LogP contribution >= 0.6 is 11.3 Å². The third-order valence-electron chi connectivity index (χ3n) is 4.26. The summed E-state index contributed by atoms with van der Waals surface area (Å²) < 4.78 is 40.6. The first-order valence-corrected chi connectivity index (χ1v) is 10.3. The number of aliphatic imine (C=N–C) groups is 1. The Morgan fingerprint density at radius 3 is 2.73 bits per heavy atom. The summed E-state index contributed by atoms with van der Waals surface area (Å²) in [6.45, 7) is 2.36. The molecular weight excluding hydrogens is 414 g/mol. The second-order valence-electron chi connectivity index (χ2n) is 6.43. The van der Waals surface area contributed by atoms with Gasteiger partial charge >= 0.3 is 6.61 Å². The number of ether oxygens (including phenoxy) is 3. The summed E-state index contributed by atoms with van der Waals surface area (Å²) in [6, 6.07) is 4.79. The zero-order valence-electron chi connectivity index (χ0n) is 17.8. The van der Waals surface area contributed by atoms with Crippen LogP contribution in [0.2, 0.25) is 0 Å². The van der Waals surface area contributed by atoms with Gasteiger partial charge in [0.1, 0.15) is 22.6 Å². The number of alkyl halides is 2. The fourth-order valence-corrected chi connectivity index (χ4v) is 3.47. The number of rotatable bonds is 10. The number of thiazole rings is 1. The van der Waals surface area contributed by atoms with Crippen LogP contribution in [-0.4, -0.2) is 50.3 Å². The molecule has 2 aromatic rings. The van der Waals surface area contributed by atoms with Crippen LogP contribution in [-0.2, 0) is 17.8 Å². The van der Waals surface area contributed by atoms with Crippen molar-refractivity contribution >= 4 is 17.3 Å². The van der Waals surface area contributed by atoms with Crippen LogP contribution in [0, 0.1) is 0 Å². The van der Waals surface area contributed by atoms with E-state index in [-0.39, 0.29) is 18.4 Å². The van der Waals surface area contributed by atoms with Gasteiger partial charge in [-0.05, 0) is 26.0 Å². The molecule has 0 aliphatic rings. The molecule has 10 heteroatoms. The minimum atomic E-state index is -2.93. The van der Waals surface area contributed by atoms with E-state index in [4.69, 9.17) is 9.47 Å². The topological polar surface area (TPSA) is 68.2 Å². The van der Waals surface area contributed by atoms with E-state index in [1.165, 1.54) is 13.2 Å². The third-order valence-corrected chi connectivity index (χ3v) is 5.31. The second-order valence-corrected chi connectivity index (χ2v) is 7.32. The van der Waals surface area contributed by atoms with Gasteiger partial charge in [0, 0.05) is 37.7 Å². The molecule has 0 aliphatic heterocycles. The Hall–Kier alpha value is -2.46. The fraction of sp³-hybridized carbons (Fsp3) is 0.500. The van der Waals surface area contributed by atoms with Crippen molar-refractivity contribution in [3.8, 4) is 11.5 Å². The van der Waals surface area contributed by atoms with Gasteiger partial charge in [-0.1, -0.05) is 0 Å². The van der Waals surface area contributed by atoms with Crippen LogP contribution in [0.5, 0.6) is 11.5 Å². The highest BCUT2D eigenvalue weighted by Crippen LogP contribution is 2.27. The summed E-state index contributed by atoms with van der Waals surface area (Å²) in [5, 5.41) is 6.11. The molecule has 1 unspecified atom stereocenters. The number of hydrogen-bond acceptors (Lipinski definition) is 6. The largest absolute Gasteiger partial charge is 0.497 e. The number of nitrogens with zero attached hydrogens (tertiary/aromatic N) is 3. The highest BCUT2D eigenvalue weighted by atomic mass is 32.1. The van der Waals surface area contributed by atoms with Gasteiger partial charge in [-0.3, -0.25) is 0 Å². The molecule has 1 N–H and O–H groups in total. The zero-order valence-corrected chi connectivity index (χ0v) is 18.6. The van der Waals surface area contributed by atoms with Crippen LogP contribution in [0.4, 0.5) is 8.78 Å². The maximum absolute atomic E-state index is 12.8. The average molecular weight is 443 g/mol. The third kappa shape index (κ3) is 6.81. The van der Waals surface area contributed by atoms with Crippen LogP contribution in [0.15, 0.2) is 28.6 Å². The Kier molecular flexibility index (Phi) is 9.25. The first-order chi connectivity index (χ1) is 14.4. The zero-order chi connectivity index (χ0) is 22.1. The summed E-state index contributed by atoms with van der Waals surface area (Å²) in [6.07, 6.45) is -0.0562. The lowest BCUT2D eigenvalue weighted by Gasteiger charge is -2.21. The van der Waals surface area contributed by atoms with Crippen LogP contribution in [0.1, 0.15) is 36.2 Å². The average Bonchev–Trinajstić information content (AvgIpc) is 3.19. The van der Waals surface area contributed by atoms with E-state index < -0.39 is 6.61 Å². The van der Waals surface area contributed by atoms with Crippen molar-refractivity contribution in [2.75, 3.05) is 27.8 Å². The van der Waals surface area contributed by atoms with Crippen molar-refractivity contribution < 1.29 is 23.0 Å². The van der Waals surface area contributed by atoms with Crippen molar-refractivity contribution in [3.63, 3.8) is 0 Å². The van der Waals surface area contributed by atoms with Crippen LogP contribution < -0.4 is 14.8 Å². The Bertz CT molecular complexity index is 832. The molecule has 1 aromatic heterocycles. The Labute approximate surface area is 179 Å². The van der Waals surface area contributed by atoms with E-state index in [1.807, 2.05) is 31.2 Å². The Morgan fingerprint density at radius 2 is 2.10 bits per heavy atom. The van der Waals surface area contributed by atoms with Gasteiger partial charge < -0.3 is 24.4 Å². The lowest BCUT2D eigenvalue weighted by atomic mass is 10.2. The number of aromatic nitrogens is 1. The first-order valence-electron chi connectivity index (χ1n) is 9.46. The molecule has 2 rings (SSSR count). The Morgan fingerprint density at radius 1 is 1.33 bits per heavy atom. The van der Waals surface area contributed by atoms with E-state index in [0.29, 0.717) is 30.4 Å². The normalized spacial score (nSPS) is 12.7. The van der Waals surface area contributed by atoms with Gasteiger partial charge in [0.15, 0.2) is 5.96 Å². The molecule has 0 fully saturated rings. The highest BCUT2D eigenvalue weighted by molar-refractivity contribution is 7.09. The maximum Gasteiger partial charge on any atom is 0.387 e. The number of methoxy groups -OCH3 is 2. The van der Waals surface area contributed by atoms with Crippen molar-refractivity contribution in [3.05, 3.63) is 39.8 Å². The highest BCUT2D eigenvalue weighted by Gasteiger charge is 2.14. The van der Waals surface area contributed by atoms with Crippen molar-refractivity contribution in [1.29, 1.82) is 0 Å². The fourth-order valence-electron chi connectivity index (χ4n) is 2.63. The standard InChI is InChI=1S/C20H28F2N4O3S/c1-6-23-20(26(3)11-15-12-30-18(25-15)13(2)27-4)24-10-14-7-8-16(28-5)9-17(14)29-19(21)22/h7-9,12-13,19H,6,10-11H2,1-5H3,(H,23,24). The summed E-state index contributed by atoms with van der Waals surface area (Å²) >= 11 is 1.55. The molecule has 0 saturated carbocycles. The van der Waals surface area contributed by atoms with E-state index in [2.05, 4.69) is 20.0 Å². The molecule has 7 nitrogen and oxygen atoms in total. The molecule has 0 bridgehead atoms. The summed E-state index contributed by atoms with van der Waals surface area (Å²) in [5.74, 6) is 1.11. The van der Waals surface area contributed by atoms with Crippen molar-refractivity contribution in [2.24, 2.45) is 4.99 Å². The number of halogens is 2. The molecule has 0 aliphatic carbocycles. The van der Waals surface area contributed by atoms with Gasteiger partial charge in [0.2, 0.25) is 0 Å². The number of guanidine groups is 1. The first kappa shape index (κ1) is 23.8. The molecular formula is C20H28F2N4O3S. The van der Waals surface area contributed by atoms with Gasteiger partial charge in [-0.25, -0.2) is 9.98 Å². The van der Waals surface area contributed by atoms with Gasteiger partial charge in [-0.2, -0.15) is 8.78 Å². The molecule has 1 atom stereocenters. The number of hydrogen-bond donors (Lipinski definition) is 1. The van der Waals surface area contributed by atoms with Crippen molar-refractivity contribution in [2.45, 2.75) is 39.7 Å². The molecule has 0 saturated heterocycles. The van der Waals surface area contributed by atoms with Crippen molar-refractivity contribution in [1.82, 2.24) is 15.2 Å². The number of benzene rings is 1. The van der Waals surface area contributed by atoms with Gasteiger partial charge in [0.25, 0.3) is 0 Å². The summed E-state index contributed by atoms with van der Waals surface area (Å²) in [5.41, 5.74) is 1.43. The van der Waals surface area contributed by atoms with Gasteiger partial charge in [0.05, 0.1) is 25.9 Å². The predicted molar refractivity (Wildman–Crippen MR) is 113 cm³/mol. The Balaban J connectivity index is 2.16. The molecule has 0 amide bonds. The minimum Gasteiger partial charge on any atom is -0.497 e. The smallest absolute Gasteiger partial charge is 0.387 e. The lowest BCUT2D eigenvalue weighted by Crippen LogP contribution is -2.38. The van der Waals surface area contributed by atoms with Crippen LogP contribution in [0.25, 0.3) is 0 Å². The quantitative estimate of drug-likeness (QED) is 0.442. The molecule has 0 radical (unpaired) electrons.